The Kier molecular flexibility index (Phi) is 15.8. The minimum Gasteiger partial charge on any atom is -0.505 e. The number of hydrogen-bond acceptors (Lipinski definition) is 29. The van der Waals surface area contributed by atoms with Gasteiger partial charge in [0.1, 0.15) is 63.5 Å². The Morgan fingerprint density at radius 1 is 0.432 bits per heavy atom. The monoisotopic (exact) mass is 1260 g/mol. The van der Waals surface area contributed by atoms with E-state index >= 15 is 0 Å². The third-order valence-corrected chi connectivity index (χ3v) is 17.0. The Labute approximate surface area is 451 Å². The first kappa shape index (κ1) is 60.2. The fraction of sp³-hybridized carbons (Fsp3) is 0. The van der Waals surface area contributed by atoms with Crippen molar-refractivity contribution in [3.05, 3.63) is 101 Å². The highest BCUT2D eigenvalue weighted by molar-refractivity contribution is 7.88. The summed E-state index contributed by atoms with van der Waals surface area (Å²) in [4.78, 5) is 1.56. The minimum absolute atomic E-state index is 0.0237. The van der Waals surface area contributed by atoms with Gasteiger partial charge in [0.05, 0.1) is 32.3 Å². The van der Waals surface area contributed by atoms with Crippen molar-refractivity contribution in [2.24, 2.45) is 46.8 Å². The van der Waals surface area contributed by atoms with Gasteiger partial charge in [0.15, 0.2) is 11.5 Å². The average Bonchev–Trinajstić information content (AvgIpc) is 3.53. The number of nitrogens with two attached hydrogens (primary N) is 2. The Morgan fingerprint density at radius 2 is 0.901 bits per heavy atom. The van der Waals surface area contributed by atoms with Gasteiger partial charge in [-0.15, -0.1) is 30.7 Å². The highest BCUT2D eigenvalue weighted by Gasteiger charge is 2.32. The number of phenols is 2. The number of fused-ring (bicyclic) bond motifs is 2. The van der Waals surface area contributed by atoms with Gasteiger partial charge in [-0.2, -0.15) is 79.3 Å². The molecule has 7 rings (SSSR count). The second kappa shape index (κ2) is 21.2. The lowest BCUT2D eigenvalue weighted by Crippen LogP contribution is -2.12. The number of hydrogen-bond donors (Lipinski definition) is 10. The summed E-state index contributed by atoms with van der Waals surface area (Å²) >= 11 is 0. The molecule has 0 bridgehead atoms. The van der Waals surface area contributed by atoms with Crippen LogP contribution in [0.4, 0.5) is 56.9 Å². The number of phenolic OH excluding ortho intramolecular Hbond substituents is 2. The van der Waals surface area contributed by atoms with Crippen molar-refractivity contribution in [1.29, 1.82) is 0 Å². The maximum Gasteiger partial charge on any atom is 0.315 e. The molecule has 0 aliphatic rings. The molecule has 0 aliphatic carbocycles. The second-order valence-electron chi connectivity index (χ2n) is 15.6. The molecule has 0 saturated carbocycles. The minimum atomic E-state index is -5.76. The number of rotatable bonds is 17. The third kappa shape index (κ3) is 12.6. The fourth-order valence-corrected chi connectivity index (χ4v) is 11.7. The van der Waals surface area contributed by atoms with Gasteiger partial charge in [-0.3, -0.25) is 37.4 Å². The van der Waals surface area contributed by atoms with Gasteiger partial charge in [0.2, 0.25) is 0 Å². The van der Waals surface area contributed by atoms with Crippen LogP contribution in [0.25, 0.3) is 21.5 Å². The van der Waals surface area contributed by atoms with Crippen molar-refractivity contribution in [3.8, 4) is 11.5 Å². The molecule has 12 N–H and O–H groups in total. The van der Waals surface area contributed by atoms with Crippen LogP contribution >= 0.6 is 0 Å². The summed E-state index contributed by atoms with van der Waals surface area (Å²) in [6.07, 6.45) is 0. The van der Waals surface area contributed by atoms with E-state index < -0.39 is 189 Å². The van der Waals surface area contributed by atoms with Crippen LogP contribution in [-0.2, 0) is 75.1 Å². The van der Waals surface area contributed by atoms with Crippen molar-refractivity contribution >= 4 is 149 Å². The van der Waals surface area contributed by atoms with Gasteiger partial charge in [0, 0.05) is 28.3 Å². The van der Waals surface area contributed by atoms with Gasteiger partial charge in [-0.25, -0.2) is 0 Å². The van der Waals surface area contributed by atoms with Crippen LogP contribution < -0.4 is 11.6 Å². The number of anilines is 1. The highest BCUT2D eigenvalue weighted by atomic mass is 32.2. The molecule has 43 heteroatoms. The van der Waals surface area contributed by atoms with Crippen molar-refractivity contribution in [1.82, 2.24) is 0 Å². The molecule has 0 aliphatic heterocycles. The van der Waals surface area contributed by atoms with E-state index in [9.17, 15) is 102 Å². The molecule has 426 valence electrons. The number of non-ortho nitro benzene ring substituents is 1. The predicted octanol–water partition coefficient (Wildman–Crippen LogP) is 6.62. The van der Waals surface area contributed by atoms with Gasteiger partial charge < -0.3 is 15.9 Å². The maximum atomic E-state index is 13.1. The molecule has 0 fully saturated rings. The average molecular weight is 1260 g/mol. The zero-order valence-corrected chi connectivity index (χ0v) is 44.4. The molecule has 36 nitrogen and oxygen atoms in total. The largest absolute Gasteiger partial charge is 0.505 e. The Hall–Kier alpha value is -8.41. The number of aromatic hydroxyl groups is 2. The summed E-state index contributed by atoms with van der Waals surface area (Å²) in [5.74, 6) is 2.00. The first-order valence-electron chi connectivity index (χ1n) is 20.4. The molecular weight excluding hydrogens is 1230 g/mol. The van der Waals surface area contributed by atoms with Crippen LogP contribution in [0.15, 0.2) is 166 Å². The maximum absolute atomic E-state index is 13.1. The van der Waals surface area contributed by atoms with E-state index in [4.69, 9.17) is 16.2 Å². The predicted molar refractivity (Wildman–Crippen MR) is 270 cm³/mol. The highest BCUT2D eigenvalue weighted by Crippen LogP contribution is 2.50. The molecule has 0 amide bonds. The Bertz CT molecular complexity index is 4870. The molecule has 0 heterocycles. The number of nitrogens with zero attached hydrogens (tertiary/aromatic N) is 9. The van der Waals surface area contributed by atoms with Crippen LogP contribution in [0, 0.1) is 10.1 Å². The molecule has 0 atom stereocenters. The zero-order chi connectivity index (χ0) is 60.3. The van der Waals surface area contributed by atoms with Gasteiger partial charge >= 0.3 is 10.1 Å². The van der Waals surface area contributed by atoms with Crippen LogP contribution in [0.1, 0.15) is 0 Å². The van der Waals surface area contributed by atoms with Crippen molar-refractivity contribution in [3.63, 3.8) is 0 Å². The van der Waals surface area contributed by atoms with Crippen LogP contribution in [0.3, 0.4) is 0 Å². The number of azo groups is 4. The van der Waals surface area contributed by atoms with Crippen LogP contribution in [0.2, 0.25) is 0 Å². The molecule has 0 radical (unpaired) electrons. The molecule has 0 aromatic heterocycles. The second-order valence-corrected chi connectivity index (χ2v) is 25.5. The van der Waals surface area contributed by atoms with Crippen LogP contribution in [0.5, 0.6) is 11.5 Å². The first-order chi connectivity index (χ1) is 37.2. The lowest BCUT2D eigenvalue weighted by atomic mass is 10.0. The molecular formula is C38H27N11O25S7. The molecule has 81 heavy (non-hydrogen) atoms. The van der Waals surface area contributed by atoms with E-state index in [2.05, 4.69) is 45.2 Å². The first-order valence-corrected chi connectivity index (χ1v) is 30.4. The zero-order valence-electron chi connectivity index (χ0n) is 38.7. The van der Waals surface area contributed by atoms with E-state index in [1.165, 1.54) is 0 Å². The standard InChI is InChI=1S/C38H27N11O25S7/c39-33-26(15-27(76(57,58)59)22-14-31(81(72,73)74-40)35(37(51)32(22)33)48-44-24-9-4-18(49(52)53)12-29(24)78(63,64)65)46-45-25-10-7-20-21(38(25)80(69,70)71)13-30(79(66,67)68)34(36(20)50)47-43-23-8-3-17(11-28(23)77(60,61)62)42-41-16-1-5-19(6-2-16)75(54,55)56/h1-15,50-51H,39-40H2,(H,54,55,56)(H,57,58,59)(H,60,61,62)(H,63,64,65)(H,66,67,68)(H,69,70,71)/b42-41?,46-45?,47-43?,48-44-. The lowest BCUT2D eigenvalue weighted by Gasteiger charge is -2.15. The van der Waals surface area contributed by atoms with E-state index in [-0.39, 0.29) is 17.4 Å². The van der Waals surface area contributed by atoms with E-state index in [1.807, 2.05) is 0 Å². The van der Waals surface area contributed by atoms with Crippen molar-refractivity contribution in [2.45, 2.75) is 34.3 Å². The van der Waals surface area contributed by atoms with E-state index in [1.54, 1.807) is 0 Å². The summed E-state index contributed by atoms with van der Waals surface area (Å²) in [7, 11) is -37.8. The summed E-state index contributed by atoms with van der Waals surface area (Å²) in [6, 6.07) is 10.5. The fourth-order valence-electron chi connectivity index (χ4n) is 7.04. The normalized spacial score (nSPS) is 13.4. The molecule has 0 saturated heterocycles. The number of nitro groups is 1. The molecule has 0 unspecified atom stereocenters. The molecule has 7 aromatic rings. The van der Waals surface area contributed by atoms with Gasteiger partial charge in [0.25, 0.3) is 66.4 Å². The van der Waals surface area contributed by atoms with E-state index in [0.29, 0.717) is 42.5 Å². The number of nitro benzene ring substituents is 1. The van der Waals surface area contributed by atoms with E-state index in [0.717, 1.165) is 42.5 Å². The SMILES string of the molecule is NOS(=O)(=O)c1cc2c(S(=O)(=O)O)cc(N=Nc3ccc4c(O)c(N=Nc5ccc(N=Nc6ccc(S(=O)(=O)O)cc6)cc5S(=O)(=O)O)c(S(=O)(=O)O)cc4c3S(=O)(=O)O)c(N)c2c(O)c1/N=N\c1ccc([N+](=O)[O-])cc1S(=O)(=O)O. The number of benzene rings is 7. The summed E-state index contributed by atoms with van der Waals surface area (Å²) in [6.45, 7) is 0. The van der Waals surface area contributed by atoms with Gasteiger partial charge in [-0.1, -0.05) is 0 Å². The Balaban J connectivity index is 1.39. The Morgan fingerprint density at radius 3 is 1.42 bits per heavy atom. The molecule has 7 aromatic carbocycles. The lowest BCUT2D eigenvalue weighted by molar-refractivity contribution is -0.385. The summed E-state index contributed by atoms with van der Waals surface area (Å²) < 4.78 is 239. The number of nitrogen functional groups attached to an aromatic ring is 1. The molecule has 0 spiro atoms. The van der Waals surface area contributed by atoms with Crippen molar-refractivity contribution in [2.75, 3.05) is 5.73 Å². The smallest absolute Gasteiger partial charge is 0.315 e. The quantitative estimate of drug-likeness (QED) is 0.0151. The topological polar surface area (TPSA) is 604 Å². The summed E-state index contributed by atoms with van der Waals surface area (Å²) in [5.41, 5.74) is -2.41. The van der Waals surface area contributed by atoms with Crippen molar-refractivity contribution < 1.29 is 106 Å². The summed E-state index contributed by atoms with van der Waals surface area (Å²) in [5, 5.41) is 59.2. The van der Waals surface area contributed by atoms with Gasteiger partial charge in [-0.05, 0) is 78.9 Å². The van der Waals surface area contributed by atoms with Crippen LogP contribution in [-0.4, -0.2) is 101 Å². The third-order valence-electron chi connectivity index (χ3n) is 10.5.